The van der Waals surface area contributed by atoms with E-state index in [-0.39, 0.29) is 31.1 Å². The first-order valence-electron chi connectivity index (χ1n) is 32.4. The Morgan fingerprint density at radius 1 is 0.273 bits per heavy atom. The largest absolute Gasteiger partial charge is 0.462 e. The van der Waals surface area contributed by atoms with E-state index in [2.05, 4.69) is 130 Å². The van der Waals surface area contributed by atoms with Gasteiger partial charge in [-0.15, -0.1) is 0 Å². The number of allylic oxidation sites excluding steroid dienone is 18. The summed E-state index contributed by atoms with van der Waals surface area (Å²) >= 11 is 0. The molecule has 0 N–H and O–H groups in total. The third-order valence-corrected chi connectivity index (χ3v) is 13.8. The summed E-state index contributed by atoms with van der Waals surface area (Å²) in [5, 5.41) is 0. The number of carbonyl (C=O) groups is 3. The molecule has 0 spiro atoms. The minimum Gasteiger partial charge on any atom is -0.462 e. The predicted octanol–water partition coefficient (Wildman–Crippen LogP) is 22.2. The maximum atomic E-state index is 12.9. The first-order chi connectivity index (χ1) is 38.0. The maximum absolute atomic E-state index is 12.9. The molecule has 0 aliphatic carbocycles. The van der Waals surface area contributed by atoms with Crippen LogP contribution in [0.4, 0.5) is 0 Å². The normalized spacial score (nSPS) is 12.8. The van der Waals surface area contributed by atoms with Crippen molar-refractivity contribution in [2.24, 2.45) is 0 Å². The van der Waals surface area contributed by atoms with Crippen molar-refractivity contribution in [1.29, 1.82) is 0 Å². The average molecular weight is 1070 g/mol. The standard InChI is InChI=1S/C71H120O6/c1-4-7-10-13-16-19-22-25-27-29-31-32-33-34-35-36-37-38-40-41-43-46-49-52-55-58-61-64-70(73)76-67-68(66-75-69(72)63-60-57-54-51-48-45-24-21-18-15-12-9-6-3)77-71(74)65-62-59-56-53-50-47-44-42-39-30-28-26-23-20-17-14-11-8-5-2/h7,10,16,19,25-28,31-32,34-35,37-38,41,43,49,52,68H,4-6,8-9,11-15,17-18,20-24,29-30,33,36,39-40,42,44-48,50-51,53-67H2,1-3H3/b10-7-,19-16-,27-25-,28-26-,32-31-,35-34-,38-37-,43-41-,52-49-. The Morgan fingerprint density at radius 3 is 0.831 bits per heavy atom. The Labute approximate surface area is 476 Å². The summed E-state index contributed by atoms with van der Waals surface area (Å²) in [5.74, 6) is -0.930. The summed E-state index contributed by atoms with van der Waals surface area (Å²) in [5.41, 5.74) is 0. The fraction of sp³-hybridized carbons (Fsp3) is 0.704. The average Bonchev–Trinajstić information content (AvgIpc) is 3.43. The van der Waals surface area contributed by atoms with Crippen LogP contribution in [0.5, 0.6) is 0 Å². The van der Waals surface area contributed by atoms with E-state index in [1.54, 1.807) is 0 Å². The minimum absolute atomic E-state index is 0.0909. The zero-order chi connectivity index (χ0) is 55.7. The molecule has 6 nitrogen and oxygen atoms in total. The minimum atomic E-state index is -0.798. The van der Waals surface area contributed by atoms with Crippen molar-refractivity contribution >= 4 is 17.9 Å². The monoisotopic (exact) mass is 1070 g/mol. The molecule has 0 saturated heterocycles. The smallest absolute Gasteiger partial charge is 0.306 e. The van der Waals surface area contributed by atoms with Gasteiger partial charge in [0.2, 0.25) is 0 Å². The molecule has 1 unspecified atom stereocenters. The molecule has 0 amide bonds. The zero-order valence-corrected chi connectivity index (χ0v) is 50.4. The Morgan fingerprint density at radius 2 is 0.506 bits per heavy atom. The Hall–Kier alpha value is -3.93. The predicted molar refractivity (Wildman–Crippen MR) is 334 cm³/mol. The maximum Gasteiger partial charge on any atom is 0.306 e. The lowest BCUT2D eigenvalue weighted by atomic mass is 10.0. The van der Waals surface area contributed by atoms with Crippen molar-refractivity contribution in [3.05, 3.63) is 109 Å². The van der Waals surface area contributed by atoms with Crippen LogP contribution in [0.3, 0.4) is 0 Å². The number of carbonyl (C=O) groups excluding carboxylic acids is 3. The van der Waals surface area contributed by atoms with E-state index in [9.17, 15) is 14.4 Å². The van der Waals surface area contributed by atoms with Gasteiger partial charge in [-0.2, -0.15) is 0 Å². The highest BCUT2D eigenvalue weighted by atomic mass is 16.6. The van der Waals surface area contributed by atoms with Crippen LogP contribution >= 0.6 is 0 Å². The highest BCUT2D eigenvalue weighted by molar-refractivity contribution is 5.71. The lowest BCUT2D eigenvalue weighted by Crippen LogP contribution is -2.30. The molecule has 0 aliphatic heterocycles. The van der Waals surface area contributed by atoms with Gasteiger partial charge in [-0.05, 0) is 109 Å². The molecule has 440 valence electrons. The Kier molecular flexibility index (Phi) is 61.3. The molecule has 0 bridgehead atoms. The van der Waals surface area contributed by atoms with E-state index >= 15 is 0 Å². The molecule has 0 heterocycles. The van der Waals surface area contributed by atoms with Crippen LogP contribution in [0.2, 0.25) is 0 Å². The molecule has 0 aromatic carbocycles. The van der Waals surface area contributed by atoms with Gasteiger partial charge in [-0.1, -0.05) is 284 Å². The first-order valence-corrected chi connectivity index (χ1v) is 32.4. The van der Waals surface area contributed by atoms with Gasteiger partial charge in [0.25, 0.3) is 0 Å². The number of hydrogen-bond acceptors (Lipinski definition) is 6. The van der Waals surface area contributed by atoms with Gasteiger partial charge < -0.3 is 14.2 Å². The third-order valence-electron chi connectivity index (χ3n) is 13.8. The SMILES string of the molecule is CC/C=C\C/C=C\C/C=C\C/C=C\C/C=C\C/C=C\C/C=C\C/C=C\CCCCC(=O)OCC(COC(=O)CCCCCCCCCCCCCCC)OC(=O)CCCCCCCCCCC/C=C\CCCCCCCC. The van der Waals surface area contributed by atoms with E-state index in [1.807, 2.05) is 0 Å². The van der Waals surface area contributed by atoms with Gasteiger partial charge in [0.05, 0.1) is 0 Å². The van der Waals surface area contributed by atoms with Crippen LogP contribution in [0.1, 0.15) is 303 Å². The fourth-order valence-electron chi connectivity index (χ4n) is 8.92. The van der Waals surface area contributed by atoms with Crippen molar-refractivity contribution in [1.82, 2.24) is 0 Å². The first kappa shape index (κ1) is 73.1. The summed E-state index contributed by atoms with van der Waals surface area (Å²) in [6.07, 6.45) is 88.1. The lowest BCUT2D eigenvalue weighted by molar-refractivity contribution is -0.167. The van der Waals surface area contributed by atoms with Crippen molar-refractivity contribution in [2.75, 3.05) is 13.2 Å². The van der Waals surface area contributed by atoms with Crippen LogP contribution in [0.15, 0.2) is 109 Å². The van der Waals surface area contributed by atoms with Gasteiger partial charge in [0.15, 0.2) is 6.10 Å². The van der Waals surface area contributed by atoms with Gasteiger partial charge in [0, 0.05) is 19.3 Å². The zero-order valence-electron chi connectivity index (χ0n) is 50.4. The summed E-state index contributed by atoms with van der Waals surface area (Å²) in [6, 6.07) is 0. The Balaban J connectivity index is 4.42. The van der Waals surface area contributed by atoms with Crippen LogP contribution in [0, 0.1) is 0 Å². The van der Waals surface area contributed by atoms with Crippen LogP contribution in [0.25, 0.3) is 0 Å². The second-order valence-corrected chi connectivity index (χ2v) is 21.3. The second kappa shape index (κ2) is 64.6. The van der Waals surface area contributed by atoms with Crippen molar-refractivity contribution in [2.45, 2.75) is 309 Å². The summed E-state index contributed by atoms with van der Waals surface area (Å²) in [6.45, 7) is 6.51. The molecular formula is C71H120O6. The lowest BCUT2D eigenvalue weighted by Gasteiger charge is -2.18. The molecule has 0 aromatic heterocycles. The fourth-order valence-corrected chi connectivity index (χ4v) is 8.92. The van der Waals surface area contributed by atoms with E-state index in [4.69, 9.17) is 14.2 Å². The van der Waals surface area contributed by atoms with Gasteiger partial charge in [-0.25, -0.2) is 0 Å². The summed E-state index contributed by atoms with van der Waals surface area (Å²) in [7, 11) is 0. The molecule has 0 rings (SSSR count). The number of esters is 3. The number of rotatable bonds is 58. The van der Waals surface area contributed by atoms with E-state index in [1.165, 1.54) is 154 Å². The number of hydrogen-bond donors (Lipinski definition) is 0. The van der Waals surface area contributed by atoms with Gasteiger partial charge >= 0.3 is 17.9 Å². The molecule has 0 fully saturated rings. The molecule has 0 aliphatic rings. The molecule has 6 heteroatoms. The van der Waals surface area contributed by atoms with Crippen LogP contribution in [-0.2, 0) is 28.6 Å². The van der Waals surface area contributed by atoms with E-state index in [0.29, 0.717) is 19.3 Å². The molecule has 0 radical (unpaired) electrons. The van der Waals surface area contributed by atoms with Crippen molar-refractivity contribution in [3.63, 3.8) is 0 Å². The highest BCUT2D eigenvalue weighted by Gasteiger charge is 2.19. The number of ether oxygens (including phenoxy) is 3. The summed E-state index contributed by atoms with van der Waals surface area (Å²) < 4.78 is 16.9. The molecule has 1 atom stereocenters. The Bertz CT molecular complexity index is 1560. The second-order valence-electron chi connectivity index (χ2n) is 21.3. The van der Waals surface area contributed by atoms with Crippen LogP contribution in [-0.4, -0.2) is 37.2 Å². The van der Waals surface area contributed by atoms with E-state index < -0.39 is 6.10 Å². The highest BCUT2D eigenvalue weighted by Crippen LogP contribution is 2.16. The molecule has 77 heavy (non-hydrogen) atoms. The topological polar surface area (TPSA) is 78.9 Å². The molecule has 0 aromatic rings. The van der Waals surface area contributed by atoms with Gasteiger partial charge in [0.1, 0.15) is 13.2 Å². The molecular weight excluding hydrogens is 949 g/mol. The van der Waals surface area contributed by atoms with E-state index in [0.717, 1.165) is 109 Å². The van der Waals surface area contributed by atoms with Crippen molar-refractivity contribution < 1.29 is 28.6 Å². The summed E-state index contributed by atoms with van der Waals surface area (Å²) in [4.78, 5) is 38.3. The van der Waals surface area contributed by atoms with Gasteiger partial charge in [-0.3, -0.25) is 14.4 Å². The third kappa shape index (κ3) is 62.8. The van der Waals surface area contributed by atoms with Crippen molar-refractivity contribution in [3.8, 4) is 0 Å². The quantitative estimate of drug-likeness (QED) is 0.0261. The molecule has 0 saturated carbocycles. The number of unbranched alkanes of at least 4 members (excludes halogenated alkanes) is 29. The van der Waals surface area contributed by atoms with Crippen LogP contribution < -0.4 is 0 Å².